The molecule has 0 spiro atoms. The van der Waals surface area contributed by atoms with Crippen molar-refractivity contribution in [3.63, 3.8) is 0 Å². The van der Waals surface area contributed by atoms with E-state index < -0.39 is 0 Å². The third-order valence-corrected chi connectivity index (χ3v) is 3.84. The number of halogens is 1. The van der Waals surface area contributed by atoms with E-state index in [4.69, 9.17) is 11.6 Å². The number of hydrogen-bond donors (Lipinski definition) is 0. The zero-order valence-corrected chi connectivity index (χ0v) is 13.6. The molecular weight excluding hydrogens is 292 g/mol. The van der Waals surface area contributed by atoms with Crippen LogP contribution in [0.2, 0.25) is 5.02 Å². The Morgan fingerprint density at radius 3 is 2.32 bits per heavy atom. The number of unbranched alkanes of at least 4 members (excludes halogenated alkanes) is 2. The minimum atomic E-state index is 0.117. The van der Waals surface area contributed by atoms with Gasteiger partial charge >= 0.3 is 0 Å². The van der Waals surface area contributed by atoms with Gasteiger partial charge < -0.3 is 0 Å². The van der Waals surface area contributed by atoms with Crippen LogP contribution in [0.15, 0.2) is 60.2 Å². The van der Waals surface area contributed by atoms with Crippen molar-refractivity contribution >= 4 is 23.5 Å². The molecule has 0 saturated carbocycles. The van der Waals surface area contributed by atoms with Crippen molar-refractivity contribution in [1.29, 1.82) is 0 Å². The number of allylic oxidation sites excluding steroid dienone is 1. The van der Waals surface area contributed by atoms with E-state index >= 15 is 0 Å². The number of carbonyl (C=O) groups excluding carboxylic acids is 1. The zero-order chi connectivity index (χ0) is 15.8. The summed E-state index contributed by atoms with van der Waals surface area (Å²) in [7, 11) is 0. The number of ketones is 1. The van der Waals surface area contributed by atoms with Crippen LogP contribution in [0.25, 0.3) is 6.08 Å². The SMILES string of the molecule is CCCCCC(=Cc1ccc(Cl)cc1)C(=O)c1ccccc1. The van der Waals surface area contributed by atoms with Gasteiger partial charge in [0.15, 0.2) is 5.78 Å². The second kappa shape index (κ2) is 8.55. The third kappa shape index (κ3) is 4.85. The lowest BCUT2D eigenvalue weighted by molar-refractivity contribution is 0.103. The Morgan fingerprint density at radius 2 is 1.68 bits per heavy atom. The van der Waals surface area contributed by atoms with Gasteiger partial charge in [0, 0.05) is 16.2 Å². The highest BCUT2D eigenvalue weighted by atomic mass is 35.5. The van der Waals surface area contributed by atoms with Crippen LogP contribution in [-0.2, 0) is 0 Å². The Bertz CT molecular complexity index is 627. The van der Waals surface area contributed by atoms with Gasteiger partial charge in [-0.1, -0.05) is 73.8 Å². The predicted molar refractivity (Wildman–Crippen MR) is 94.3 cm³/mol. The molecule has 0 unspecified atom stereocenters. The standard InChI is InChI=1S/C20H21ClO/c1-2-3-5-10-18(15-16-11-13-19(21)14-12-16)20(22)17-8-6-4-7-9-17/h4,6-9,11-15H,2-3,5,10H2,1H3. The molecule has 0 aliphatic carbocycles. The Labute approximate surface area is 137 Å². The average molecular weight is 313 g/mol. The van der Waals surface area contributed by atoms with Gasteiger partial charge in [0.2, 0.25) is 0 Å². The van der Waals surface area contributed by atoms with Gasteiger partial charge in [-0.3, -0.25) is 4.79 Å². The first kappa shape index (κ1) is 16.5. The number of hydrogen-bond acceptors (Lipinski definition) is 1. The van der Waals surface area contributed by atoms with Crippen LogP contribution in [0.4, 0.5) is 0 Å². The van der Waals surface area contributed by atoms with Crippen molar-refractivity contribution in [2.75, 3.05) is 0 Å². The Kier molecular flexibility index (Phi) is 6.42. The quantitative estimate of drug-likeness (QED) is 0.338. The number of benzene rings is 2. The van der Waals surface area contributed by atoms with E-state index in [9.17, 15) is 4.79 Å². The minimum Gasteiger partial charge on any atom is -0.289 e. The molecule has 0 fully saturated rings. The van der Waals surface area contributed by atoms with Crippen molar-refractivity contribution in [1.82, 2.24) is 0 Å². The largest absolute Gasteiger partial charge is 0.289 e. The van der Waals surface area contributed by atoms with Gasteiger partial charge in [0.25, 0.3) is 0 Å². The number of Topliss-reactive ketones (excluding diaryl/α,β-unsaturated/α-hetero) is 1. The maximum absolute atomic E-state index is 12.7. The zero-order valence-electron chi connectivity index (χ0n) is 12.9. The van der Waals surface area contributed by atoms with E-state index in [0.29, 0.717) is 5.02 Å². The molecule has 2 heteroatoms. The van der Waals surface area contributed by atoms with Crippen molar-refractivity contribution in [3.05, 3.63) is 76.3 Å². The van der Waals surface area contributed by atoms with Gasteiger partial charge in [0.1, 0.15) is 0 Å². The van der Waals surface area contributed by atoms with E-state index in [2.05, 4.69) is 6.92 Å². The summed E-state index contributed by atoms with van der Waals surface area (Å²) >= 11 is 5.92. The molecule has 0 aliphatic heterocycles. The van der Waals surface area contributed by atoms with Gasteiger partial charge in [-0.25, -0.2) is 0 Å². The van der Waals surface area contributed by atoms with Crippen LogP contribution in [0, 0.1) is 0 Å². The molecule has 0 N–H and O–H groups in total. The molecule has 0 aliphatic rings. The van der Waals surface area contributed by atoms with Crippen LogP contribution in [0.5, 0.6) is 0 Å². The number of rotatable bonds is 7. The van der Waals surface area contributed by atoms with Crippen LogP contribution in [0.3, 0.4) is 0 Å². The van der Waals surface area contributed by atoms with Crippen molar-refractivity contribution in [2.24, 2.45) is 0 Å². The number of carbonyl (C=O) groups is 1. The van der Waals surface area contributed by atoms with Gasteiger partial charge in [0.05, 0.1) is 0 Å². The molecule has 114 valence electrons. The first-order valence-corrected chi connectivity index (χ1v) is 8.14. The molecule has 1 nitrogen and oxygen atoms in total. The summed E-state index contributed by atoms with van der Waals surface area (Å²) in [4.78, 5) is 12.7. The molecule has 2 rings (SSSR count). The lowest BCUT2D eigenvalue weighted by Gasteiger charge is -2.07. The fraction of sp³-hybridized carbons (Fsp3) is 0.250. The van der Waals surface area contributed by atoms with E-state index in [1.54, 1.807) is 0 Å². The predicted octanol–water partition coefficient (Wildman–Crippen LogP) is 6.19. The van der Waals surface area contributed by atoms with Gasteiger partial charge in [-0.2, -0.15) is 0 Å². The lowest BCUT2D eigenvalue weighted by Crippen LogP contribution is -2.03. The van der Waals surface area contributed by atoms with Crippen LogP contribution in [-0.4, -0.2) is 5.78 Å². The molecule has 2 aromatic rings. The first-order chi connectivity index (χ1) is 10.7. The maximum Gasteiger partial charge on any atom is 0.189 e. The topological polar surface area (TPSA) is 17.1 Å². The van der Waals surface area contributed by atoms with Gasteiger partial charge in [-0.05, 0) is 36.6 Å². The summed E-state index contributed by atoms with van der Waals surface area (Å²) in [5.41, 5.74) is 2.63. The van der Waals surface area contributed by atoms with Gasteiger partial charge in [-0.15, -0.1) is 0 Å². The van der Waals surface area contributed by atoms with Crippen LogP contribution >= 0.6 is 11.6 Å². The van der Waals surface area contributed by atoms with Crippen molar-refractivity contribution < 1.29 is 4.79 Å². The smallest absolute Gasteiger partial charge is 0.189 e. The van der Waals surface area contributed by atoms with Crippen molar-refractivity contribution in [3.8, 4) is 0 Å². The van der Waals surface area contributed by atoms with Crippen LogP contribution < -0.4 is 0 Å². The summed E-state index contributed by atoms with van der Waals surface area (Å²) < 4.78 is 0. The Hall–Kier alpha value is -1.86. The maximum atomic E-state index is 12.7. The fourth-order valence-corrected chi connectivity index (χ4v) is 2.48. The molecular formula is C20H21ClO. The summed E-state index contributed by atoms with van der Waals surface area (Å²) in [6, 6.07) is 17.1. The summed E-state index contributed by atoms with van der Waals surface area (Å²) in [6.07, 6.45) is 6.12. The summed E-state index contributed by atoms with van der Waals surface area (Å²) in [5.74, 6) is 0.117. The Morgan fingerprint density at radius 1 is 1.00 bits per heavy atom. The highest BCUT2D eigenvalue weighted by Crippen LogP contribution is 2.20. The minimum absolute atomic E-state index is 0.117. The molecule has 0 radical (unpaired) electrons. The fourth-order valence-electron chi connectivity index (χ4n) is 2.35. The lowest BCUT2D eigenvalue weighted by atomic mass is 9.96. The molecule has 0 aromatic heterocycles. The average Bonchev–Trinajstić information content (AvgIpc) is 2.56. The van der Waals surface area contributed by atoms with Crippen LogP contribution in [0.1, 0.15) is 48.5 Å². The molecule has 22 heavy (non-hydrogen) atoms. The molecule has 2 aromatic carbocycles. The Balaban J connectivity index is 2.25. The summed E-state index contributed by atoms with van der Waals surface area (Å²) in [5, 5.41) is 0.707. The molecule has 0 bridgehead atoms. The first-order valence-electron chi connectivity index (χ1n) is 7.76. The monoisotopic (exact) mass is 312 g/mol. The van der Waals surface area contributed by atoms with Crippen molar-refractivity contribution in [2.45, 2.75) is 32.6 Å². The second-order valence-corrected chi connectivity index (χ2v) is 5.81. The normalized spacial score (nSPS) is 11.5. The summed E-state index contributed by atoms with van der Waals surface area (Å²) in [6.45, 7) is 2.17. The molecule has 0 amide bonds. The van der Waals surface area contributed by atoms with E-state index in [1.807, 2.05) is 60.7 Å². The molecule has 0 heterocycles. The van der Waals surface area contributed by atoms with E-state index in [-0.39, 0.29) is 5.78 Å². The second-order valence-electron chi connectivity index (χ2n) is 5.37. The molecule has 0 saturated heterocycles. The van der Waals surface area contributed by atoms with E-state index in [0.717, 1.165) is 42.4 Å². The highest BCUT2D eigenvalue weighted by molar-refractivity contribution is 6.30. The molecule has 0 atom stereocenters. The third-order valence-electron chi connectivity index (χ3n) is 3.59. The highest BCUT2D eigenvalue weighted by Gasteiger charge is 2.11. The van der Waals surface area contributed by atoms with E-state index in [1.165, 1.54) is 0 Å².